The van der Waals surface area contributed by atoms with Crippen molar-refractivity contribution in [3.05, 3.63) is 35.1 Å². The van der Waals surface area contributed by atoms with Gasteiger partial charge in [0, 0.05) is 16.6 Å². The van der Waals surface area contributed by atoms with E-state index in [2.05, 4.69) is 14.8 Å². The van der Waals surface area contributed by atoms with Crippen molar-refractivity contribution >= 4 is 11.6 Å². The van der Waals surface area contributed by atoms with Gasteiger partial charge in [-0.25, -0.2) is 0 Å². The molecule has 3 rings (SSSR count). The first-order chi connectivity index (χ1) is 8.29. The van der Waals surface area contributed by atoms with Gasteiger partial charge in [-0.05, 0) is 25.0 Å². The topological polar surface area (TPSA) is 56.7 Å². The summed E-state index contributed by atoms with van der Waals surface area (Å²) in [4.78, 5) is 0. The molecule has 1 aliphatic carbocycles. The third-order valence-electron chi connectivity index (χ3n) is 2.94. The Bertz CT molecular complexity index is 545. The molecule has 4 nitrogen and oxygen atoms in total. The summed E-state index contributed by atoms with van der Waals surface area (Å²) in [6, 6.07) is 8.19. The molecular weight excluding hydrogens is 236 g/mol. The summed E-state index contributed by atoms with van der Waals surface area (Å²) in [7, 11) is 0. The van der Waals surface area contributed by atoms with Gasteiger partial charge in [0.2, 0.25) is 0 Å². The van der Waals surface area contributed by atoms with E-state index >= 15 is 0 Å². The van der Waals surface area contributed by atoms with E-state index in [-0.39, 0.29) is 0 Å². The Labute approximate surface area is 104 Å². The Morgan fingerprint density at radius 2 is 2.18 bits per heavy atom. The lowest BCUT2D eigenvalue weighted by Gasteiger charge is -2.07. The molecule has 1 fully saturated rings. The van der Waals surface area contributed by atoms with E-state index in [4.69, 9.17) is 17.3 Å². The average molecular weight is 249 g/mol. The number of benzene rings is 1. The summed E-state index contributed by atoms with van der Waals surface area (Å²) in [5.74, 6) is 1.72. The van der Waals surface area contributed by atoms with Crippen LogP contribution in [0, 0.1) is 0 Å². The van der Waals surface area contributed by atoms with Crippen molar-refractivity contribution in [3.8, 4) is 11.4 Å². The van der Waals surface area contributed by atoms with E-state index in [1.165, 1.54) is 12.8 Å². The number of aromatic nitrogens is 3. The predicted octanol–water partition coefficient (Wildman–Crippen LogP) is 2.39. The van der Waals surface area contributed by atoms with Gasteiger partial charge in [0.05, 0.1) is 6.54 Å². The SMILES string of the molecule is NCc1nnc(-c2cccc(Cl)c2)n1C1CC1. The van der Waals surface area contributed by atoms with Crippen LogP contribution in [-0.2, 0) is 6.54 Å². The van der Waals surface area contributed by atoms with Crippen molar-refractivity contribution in [2.75, 3.05) is 0 Å². The molecule has 1 aliphatic rings. The second-order valence-electron chi connectivity index (χ2n) is 4.26. The predicted molar refractivity (Wildman–Crippen MR) is 66.6 cm³/mol. The Kier molecular flexibility index (Phi) is 2.61. The fourth-order valence-electron chi connectivity index (χ4n) is 2.00. The van der Waals surface area contributed by atoms with Crippen molar-refractivity contribution in [2.24, 2.45) is 5.73 Å². The number of nitrogens with zero attached hydrogens (tertiary/aromatic N) is 3. The van der Waals surface area contributed by atoms with Gasteiger partial charge < -0.3 is 10.3 Å². The summed E-state index contributed by atoms with van der Waals surface area (Å²) in [5.41, 5.74) is 6.68. The van der Waals surface area contributed by atoms with Crippen molar-refractivity contribution < 1.29 is 0 Å². The maximum absolute atomic E-state index is 6.00. The lowest BCUT2D eigenvalue weighted by Crippen LogP contribution is -2.08. The van der Waals surface area contributed by atoms with Crippen molar-refractivity contribution in [1.29, 1.82) is 0 Å². The third-order valence-corrected chi connectivity index (χ3v) is 3.18. The number of nitrogens with two attached hydrogens (primary N) is 1. The standard InChI is InChI=1S/C12H13ClN4/c13-9-3-1-2-8(6-9)12-16-15-11(7-14)17(12)10-4-5-10/h1-3,6,10H,4-5,7,14H2. The van der Waals surface area contributed by atoms with Crippen LogP contribution in [-0.4, -0.2) is 14.8 Å². The van der Waals surface area contributed by atoms with Crippen LogP contribution < -0.4 is 5.73 Å². The number of hydrogen-bond acceptors (Lipinski definition) is 3. The molecule has 0 bridgehead atoms. The monoisotopic (exact) mass is 248 g/mol. The largest absolute Gasteiger partial charge is 0.324 e. The molecular formula is C12H13ClN4. The zero-order valence-corrected chi connectivity index (χ0v) is 10.1. The molecule has 0 amide bonds. The van der Waals surface area contributed by atoms with Gasteiger partial charge in [0.1, 0.15) is 5.82 Å². The Hall–Kier alpha value is -1.39. The van der Waals surface area contributed by atoms with Gasteiger partial charge in [0.25, 0.3) is 0 Å². The van der Waals surface area contributed by atoms with Crippen LogP contribution in [0.1, 0.15) is 24.7 Å². The number of rotatable bonds is 3. The molecule has 0 unspecified atom stereocenters. The summed E-state index contributed by atoms with van der Waals surface area (Å²) in [6.07, 6.45) is 2.36. The van der Waals surface area contributed by atoms with E-state index in [0.717, 1.165) is 17.2 Å². The van der Waals surface area contributed by atoms with Gasteiger partial charge in [-0.2, -0.15) is 0 Å². The molecule has 17 heavy (non-hydrogen) atoms. The van der Waals surface area contributed by atoms with Gasteiger partial charge in [0.15, 0.2) is 5.82 Å². The molecule has 0 saturated heterocycles. The smallest absolute Gasteiger partial charge is 0.164 e. The molecule has 1 heterocycles. The van der Waals surface area contributed by atoms with Crippen molar-refractivity contribution in [1.82, 2.24) is 14.8 Å². The fourth-order valence-corrected chi connectivity index (χ4v) is 2.19. The van der Waals surface area contributed by atoms with Crippen molar-refractivity contribution in [3.63, 3.8) is 0 Å². The second-order valence-corrected chi connectivity index (χ2v) is 4.69. The van der Waals surface area contributed by atoms with E-state index in [1.54, 1.807) is 0 Å². The minimum absolute atomic E-state index is 0.421. The Morgan fingerprint density at radius 3 is 2.82 bits per heavy atom. The minimum atomic E-state index is 0.421. The number of hydrogen-bond donors (Lipinski definition) is 1. The van der Waals surface area contributed by atoms with E-state index in [0.29, 0.717) is 17.6 Å². The van der Waals surface area contributed by atoms with Crippen LogP contribution >= 0.6 is 11.6 Å². The van der Waals surface area contributed by atoms with Gasteiger partial charge in [-0.1, -0.05) is 23.7 Å². The summed E-state index contributed by atoms with van der Waals surface area (Å²) in [5, 5.41) is 9.09. The molecule has 0 spiro atoms. The lowest BCUT2D eigenvalue weighted by atomic mass is 10.2. The highest BCUT2D eigenvalue weighted by molar-refractivity contribution is 6.30. The molecule has 1 saturated carbocycles. The fraction of sp³-hybridized carbons (Fsp3) is 0.333. The van der Waals surface area contributed by atoms with Crippen LogP contribution in [0.2, 0.25) is 5.02 Å². The highest BCUT2D eigenvalue weighted by Gasteiger charge is 2.29. The minimum Gasteiger partial charge on any atom is -0.324 e. The molecule has 1 aromatic carbocycles. The van der Waals surface area contributed by atoms with Gasteiger partial charge in [-0.15, -0.1) is 10.2 Å². The molecule has 5 heteroatoms. The van der Waals surface area contributed by atoms with Crippen LogP contribution in [0.3, 0.4) is 0 Å². The number of halogens is 1. The maximum atomic E-state index is 6.00. The highest BCUT2D eigenvalue weighted by atomic mass is 35.5. The Morgan fingerprint density at radius 1 is 1.35 bits per heavy atom. The molecule has 2 aromatic rings. The third kappa shape index (κ3) is 1.94. The first-order valence-corrected chi connectivity index (χ1v) is 6.07. The quantitative estimate of drug-likeness (QED) is 0.908. The van der Waals surface area contributed by atoms with Crippen LogP contribution in [0.25, 0.3) is 11.4 Å². The molecule has 1 aromatic heterocycles. The van der Waals surface area contributed by atoms with E-state index in [9.17, 15) is 0 Å². The zero-order valence-electron chi connectivity index (χ0n) is 9.31. The molecule has 88 valence electrons. The average Bonchev–Trinajstić information content (AvgIpc) is 3.08. The van der Waals surface area contributed by atoms with E-state index in [1.807, 2.05) is 24.3 Å². The van der Waals surface area contributed by atoms with Gasteiger partial charge in [-0.3, -0.25) is 0 Å². The second kappa shape index (κ2) is 4.13. The summed E-state index contributed by atoms with van der Waals surface area (Å²) < 4.78 is 2.14. The molecule has 2 N–H and O–H groups in total. The first-order valence-electron chi connectivity index (χ1n) is 5.69. The Balaban J connectivity index is 2.11. The normalized spacial score (nSPS) is 15.2. The summed E-state index contributed by atoms with van der Waals surface area (Å²) >= 11 is 6.00. The summed E-state index contributed by atoms with van der Waals surface area (Å²) in [6.45, 7) is 0.421. The maximum Gasteiger partial charge on any atom is 0.164 e. The van der Waals surface area contributed by atoms with Crippen molar-refractivity contribution in [2.45, 2.75) is 25.4 Å². The van der Waals surface area contributed by atoms with Crippen LogP contribution in [0.4, 0.5) is 0 Å². The first kappa shape index (κ1) is 10.7. The van der Waals surface area contributed by atoms with E-state index < -0.39 is 0 Å². The molecule has 0 atom stereocenters. The van der Waals surface area contributed by atoms with Gasteiger partial charge >= 0.3 is 0 Å². The molecule has 0 aliphatic heterocycles. The lowest BCUT2D eigenvalue weighted by molar-refractivity contribution is 0.688. The van der Waals surface area contributed by atoms with Crippen LogP contribution in [0.15, 0.2) is 24.3 Å². The highest BCUT2D eigenvalue weighted by Crippen LogP contribution is 2.39. The molecule has 0 radical (unpaired) electrons. The zero-order chi connectivity index (χ0) is 11.8. The van der Waals surface area contributed by atoms with Crippen LogP contribution in [0.5, 0.6) is 0 Å².